The van der Waals surface area contributed by atoms with Gasteiger partial charge in [-0.3, -0.25) is 4.79 Å². The van der Waals surface area contributed by atoms with Gasteiger partial charge < -0.3 is 10.1 Å². The summed E-state index contributed by atoms with van der Waals surface area (Å²) in [7, 11) is 0. The molecule has 4 nitrogen and oxygen atoms in total. The molecule has 0 radical (unpaired) electrons. The van der Waals surface area contributed by atoms with E-state index in [0.29, 0.717) is 6.61 Å². The topological polar surface area (TPSA) is 51.2 Å². The summed E-state index contributed by atoms with van der Waals surface area (Å²) in [6.07, 6.45) is 6.08. The molecular weight excluding hydrogens is 280 g/mol. The van der Waals surface area contributed by atoms with Crippen LogP contribution in [0.1, 0.15) is 31.9 Å². The number of carbonyl (C=O) groups is 1. The van der Waals surface area contributed by atoms with Crippen LogP contribution in [0.15, 0.2) is 5.38 Å². The van der Waals surface area contributed by atoms with E-state index in [4.69, 9.17) is 4.74 Å². The molecule has 0 aliphatic heterocycles. The number of carbonyl (C=O) groups excluding carboxylic acids is 1. The molecular formula is C13H22N2O2S2. The fourth-order valence-electron chi connectivity index (χ4n) is 1.57. The Balaban J connectivity index is 2.18. The number of anilines is 1. The average molecular weight is 302 g/mol. The van der Waals surface area contributed by atoms with Gasteiger partial charge in [0.1, 0.15) is 0 Å². The van der Waals surface area contributed by atoms with Crippen molar-refractivity contribution in [2.75, 3.05) is 30.5 Å². The summed E-state index contributed by atoms with van der Waals surface area (Å²) in [4.78, 5) is 15.7. The molecule has 6 heteroatoms. The van der Waals surface area contributed by atoms with Crippen molar-refractivity contribution in [3.05, 3.63) is 11.1 Å². The molecule has 0 fully saturated rings. The van der Waals surface area contributed by atoms with Crippen molar-refractivity contribution in [2.45, 2.75) is 32.6 Å². The smallest absolute Gasteiger partial charge is 0.311 e. The van der Waals surface area contributed by atoms with Gasteiger partial charge in [-0.15, -0.1) is 11.3 Å². The monoisotopic (exact) mass is 302 g/mol. The Hall–Kier alpha value is -0.750. The zero-order chi connectivity index (χ0) is 13.9. The van der Waals surface area contributed by atoms with Gasteiger partial charge in [0, 0.05) is 11.9 Å². The summed E-state index contributed by atoms with van der Waals surface area (Å²) in [6, 6.07) is 0. The predicted octanol–water partition coefficient (Wildman–Crippen LogP) is 3.19. The molecule has 19 heavy (non-hydrogen) atoms. The normalized spacial score (nSPS) is 10.4. The highest BCUT2D eigenvalue weighted by Gasteiger charge is 2.07. The van der Waals surface area contributed by atoms with Gasteiger partial charge in [-0.1, -0.05) is 6.42 Å². The SMILES string of the molecule is CCOC(=O)Cc1csc(NCCCCCSC)n1. The maximum Gasteiger partial charge on any atom is 0.311 e. The zero-order valence-corrected chi connectivity index (χ0v) is 13.2. The standard InChI is InChI=1S/C13H22N2O2S2/c1-3-17-12(16)9-11-10-19-13(15-11)14-7-5-4-6-8-18-2/h10H,3-9H2,1-2H3,(H,14,15). The highest BCUT2D eigenvalue weighted by atomic mass is 32.2. The Kier molecular flexibility index (Phi) is 8.66. The lowest BCUT2D eigenvalue weighted by Gasteiger charge is -2.02. The molecule has 0 bridgehead atoms. The third-order valence-electron chi connectivity index (χ3n) is 2.48. The molecule has 1 rings (SSSR count). The Morgan fingerprint density at radius 2 is 2.32 bits per heavy atom. The average Bonchev–Trinajstić information content (AvgIpc) is 2.81. The van der Waals surface area contributed by atoms with E-state index in [1.54, 1.807) is 11.3 Å². The van der Waals surface area contributed by atoms with Crippen LogP contribution in [0.5, 0.6) is 0 Å². The Morgan fingerprint density at radius 3 is 3.05 bits per heavy atom. The Labute approximate surface area is 123 Å². The number of hydrogen-bond acceptors (Lipinski definition) is 6. The lowest BCUT2D eigenvalue weighted by atomic mass is 10.2. The number of hydrogen-bond donors (Lipinski definition) is 1. The van der Waals surface area contributed by atoms with Crippen LogP contribution in [0.2, 0.25) is 0 Å². The minimum atomic E-state index is -0.212. The predicted molar refractivity (Wildman–Crippen MR) is 83.2 cm³/mol. The van der Waals surface area contributed by atoms with Gasteiger partial charge >= 0.3 is 5.97 Å². The first-order valence-corrected chi connectivity index (χ1v) is 8.86. The van der Waals surface area contributed by atoms with Gasteiger partial charge in [-0.05, 0) is 31.8 Å². The van der Waals surface area contributed by atoms with Gasteiger partial charge in [-0.25, -0.2) is 4.98 Å². The van der Waals surface area contributed by atoms with Gasteiger partial charge in [0.15, 0.2) is 5.13 Å². The van der Waals surface area contributed by atoms with E-state index in [9.17, 15) is 4.79 Å². The van der Waals surface area contributed by atoms with Crippen molar-refractivity contribution < 1.29 is 9.53 Å². The van der Waals surface area contributed by atoms with Gasteiger partial charge in [-0.2, -0.15) is 11.8 Å². The molecule has 0 aliphatic rings. The summed E-state index contributed by atoms with van der Waals surface area (Å²) >= 11 is 3.44. The summed E-state index contributed by atoms with van der Waals surface area (Å²) in [5.41, 5.74) is 0.785. The van der Waals surface area contributed by atoms with E-state index < -0.39 is 0 Å². The quantitative estimate of drug-likeness (QED) is 0.531. The maximum atomic E-state index is 11.3. The van der Waals surface area contributed by atoms with Crippen LogP contribution in [0.3, 0.4) is 0 Å². The fraction of sp³-hybridized carbons (Fsp3) is 0.692. The Morgan fingerprint density at radius 1 is 1.47 bits per heavy atom. The number of rotatable bonds is 10. The molecule has 1 heterocycles. The number of thiazole rings is 1. The van der Waals surface area contributed by atoms with Crippen LogP contribution in [-0.4, -0.2) is 36.1 Å². The summed E-state index contributed by atoms with van der Waals surface area (Å²) in [5, 5.41) is 6.10. The van der Waals surface area contributed by atoms with Gasteiger partial charge in [0.05, 0.1) is 18.7 Å². The van der Waals surface area contributed by atoms with Crippen molar-refractivity contribution in [1.82, 2.24) is 4.98 Å². The number of nitrogens with one attached hydrogen (secondary N) is 1. The van der Waals surface area contributed by atoms with Crippen molar-refractivity contribution in [2.24, 2.45) is 0 Å². The highest BCUT2D eigenvalue weighted by molar-refractivity contribution is 7.98. The van der Waals surface area contributed by atoms with Crippen molar-refractivity contribution in [3.8, 4) is 0 Å². The van der Waals surface area contributed by atoms with E-state index in [1.165, 1.54) is 18.6 Å². The molecule has 0 atom stereocenters. The number of ether oxygens (including phenoxy) is 1. The second kappa shape index (κ2) is 10.1. The van der Waals surface area contributed by atoms with Crippen molar-refractivity contribution in [1.29, 1.82) is 0 Å². The molecule has 1 N–H and O–H groups in total. The van der Waals surface area contributed by atoms with Crippen LogP contribution in [0, 0.1) is 0 Å². The van der Waals surface area contributed by atoms with Gasteiger partial charge in [0.25, 0.3) is 0 Å². The number of unbranched alkanes of at least 4 members (excludes halogenated alkanes) is 2. The second-order valence-corrected chi connectivity index (χ2v) is 5.95. The second-order valence-electron chi connectivity index (χ2n) is 4.11. The number of thioether (sulfide) groups is 1. The summed E-state index contributed by atoms with van der Waals surface area (Å²) in [5.74, 6) is 1.03. The summed E-state index contributed by atoms with van der Waals surface area (Å²) in [6.45, 7) is 3.17. The zero-order valence-electron chi connectivity index (χ0n) is 11.6. The van der Waals surface area contributed by atoms with Crippen LogP contribution in [-0.2, 0) is 16.0 Å². The first-order chi connectivity index (χ1) is 9.26. The van der Waals surface area contributed by atoms with Crippen molar-refractivity contribution in [3.63, 3.8) is 0 Å². The van der Waals surface area contributed by atoms with Crippen molar-refractivity contribution >= 4 is 34.2 Å². The summed E-state index contributed by atoms with van der Waals surface area (Å²) < 4.78 is 4.89. The van der Waals surface area contributed by atoms with E-state index in [-0.39, 0.29) is 12.4 Å². The highest BCUT2D eigenvalue weighted by Crippen LogP contribution is 2.16. The number of nitrogens with zero attached hydrogens (tertiary/aromatic N) is 1. The molecule has 0 saturated carbocycles. The van der Waals surface area contributed by atoms with Crippen LogP contribution >= 0.6 is 23.1 Å². The molecule has 0 aliphatic carbocycles. The molecule has 1 aromatic heterocycles. The molecule has 108 valence electrons. The fourth-order valence-corrected chi connectivity index (χ4v) is 2.80. The molecule has 0 spiro atoms. The van der Waals surface area contributed by atoms with Gasteiger partial charge in [0.2, 0.25) is 0 Å². The minimum Gasteiger partial charge on any atom is -0.466 e. The number of esters is 1. The molecule has 0 aromatic carbocycles. The van der Waals surface area contributed by atoms with Crippen LogP contribution in [0.25, 0.3) is 0 Å². The first kappa shape index (κ1) is 16.3. The largest absolute Gasteiger partial charge is 0.466 e. The minimum absolute atomic E-state index is 0.212. The van der Waals surface area contributed by atoms with E-state index in [0.717, 1.165) is 23.8 Å². The molecule has 0 saturated heterocycles. The maximum absolute atomic E-state index is 11.3. The molecule has 0 amide bonds. The van der Waals surface area contributed by atoms with E-state index in [2.05, 4.69) is 16.6 Å². The van der Waals surface area contributed by atoms with Crippen LogP contribution in [0.4, 0.5) is 5.13 Å². The number of aromatic nitrogens is 1. The Bertz CT molecular complexity index is 369. The third kappa shape index (κ3) is 7.42. The molecule has 0 unspecified atom stereocenters. The van der Waals surface area contributed by atoms with E-state index in [1.807, 2.05) is 24.1 Å². The van der Waals surface area contributed by atoms with Crippen LogP contribution < -0.4 is 5.32 Å². The lowest BCUT2D eigenvalue weighted by molar-refractivity contribution is -0.142. The lowest BCUT2D eigenvalue weighted by Crippen LogP contribution is -2.08. The first-order valence-electron chi connectivity index (χ1n) is 6.59. The molecule has 1 aromatic rings. The van der Waals surface area contributed by atoms with E-state index >= 15 is 0 Å². The third-order valence-corrected chi connectivity index (χ3v) is 4.03.